The standard InChI is InChI=1S/C14H20N4/c1-16-12(11-15)7-8-18-10-9-17(2)13-5-3-4-6-14(13)18/h3-6,12,16H,7-10H2,1-2H3. The molecule has 1 atom stereocenters. The molecule has 0 aromatic heterocycles. The number of nitriles is 1. The Labute approximate surface area is 109 Å². The molecule has 0 spiro atoms. The van der Waals surface area contributed by atoms with Gasteiger partial charge in [0.15, 0.2) is 0 Å². The molecule has 1 aliphatic heterocycles. The van der Waals surface area contributed by atoms with Gasteiger partial charge in [0.1, 0.15) is 0 Å². The first-order valence-corrected chi connectivity index (χ1v) is 6.38. The van der Waals surface area contributed by atoms with Gasteiger partial charge in [0, 0.05) is 26.7 Å². The maximum atomic E-state index is 8.95. The van der Waals surface area contributed by atoms with E-state index in [0.29, 0.717) is 0 Å². The van der Waals surface area contributed by atoms with E-state index in [9.17, 15) is 0 Å². The lowest BCUT2D eigenvalue weighted by molar-refractivity contribution is 0.601. The summed E-state index contributed by atoms with van der Waals surface area (Å²) in [6.45, 7) is 2.98. The van der Waals surface area contributed by atoms with Crippen LogP contribution in [0.3, 0.4) is 0 Å². The fraction of sp³-hybridized carbons (Fsp3) is 0.500. The van der Waals surface area contributed by atoms with Crippen molar-refractivity contribution in [3.05, 3.63) is 24.3 Å². The van der Waals surface area contributed by atoms with Crippen LogP contribution in [0.4, 0.5) is 11.4 Å². The maximum Gasteiger partial charge on any atom is 0.0967 e. The van der Waals surface area contributed by atoms with Crippen LogP contribution in [-0.2, 0) is 0 Å². The summed E-state index contributed by atoms with van der Waals surface area (Å²) in [5.74, 6) is 0. The minimum Gasteiger partial charge on any atom is -0.371 e. The maximum absolute atomic E-state index is 8.95. The average Bonchev–Trinajstić information content (AvgIpc) is 2.42. The van der Waals surface area contributed by atoms with Crippen LogP contribution in [-0.4, -0.2) is 39.8 Å². The third kappa shape index (κ3) is 2.57. The third-order valence-electron chi connectivity index (χ3n) is 3.53. The number of nitrogens with zero attached hydrogens (tertiary/aromatic N) is 3. The van der Waals surface area contributed by atoms with Gasteiger partial charge in [-0.15, -0.1) is 0 Å². The van der Waals surface area contributed by atoms with Crippen LogP contribution in [0.5, 0.6) is 0 Å². The molecule has 4 heteroatoms. The molecule has 0 aliphatic carbocycles. The zero-order valence-corrected chi connectivity index (χ0v) is 11.1. The highest BCUT2D eigenvalue weighted by molar-refractivity contribution is 5.73. The predicted molar refractivity (Wildman–Crippen MR) is 75.0 cm³/mol. The minimum atomic E-state index is -0.0585. The molecular weight excluding hydrogens is 224 g/mol. The molecule has 0 saturated carbocycles. The van der Waals surface area contributed by atoms with Crippen molar-refractivity contribution in [1.82, 2.24) is 5.32 Å². The Morgan fingerprint density at radius 2 is 2.06 bits per heavy atom. The van der Waals surface area contributed by atoms with Gasteiger partial charge < -0.3 is 15.1 Å². The molecule has 0 bridgehead atoms. The SMILES string of the molecule is CNC(C#N)CCN1CCN(C)c2ccccc21. The van der Waals surface area contributed by atoms with E-state index >= 15 is 0 Å². The van der Waals surface area contributed by atoms with Crippen LogP contribution in [0.25, 0.3) is 0 Å². The van der Waals surface area contributed by atoms with Crippen molar-refractivity contribution >= 4 is 11.4 Å². The van der Waals surface area contributed by atoms with E-state index in [-0.39, 0.29) is 6.04 Å². The summed E-state index contributed by atoms with van der Waals surface area (Å²) < 4.78 is 0. The molecule has 1 aromatic carbocycles. The zero-order valence-electron chi connectivity index (χ0n) is 11.1. The molecule has 1 N–H and O–H groups in total. The third-order valence-corrected chi connectivity index (χ3v) is 3.53. The second kappa shape index (κ2) is 5.74. The molecule has 18 heavy (non-hydrogen) atoms. The fourth-order valence-corrected chi connectivity index (χ4v) is 2.36. The molecule has 0 radical (unpaired) electrons. The Balaban J connectivity index is 2.07. The van der Waals surface area contributed by atoms with Crippen LogP contribution < -0.4 is 15.1 Å². The van der Waals surface area contributed by atoms with Crippen molar-refractivity contribution in [2.24, 2.45) is 0 Å². The molecular formula is C14H20N4. The molecule has 1 aromatic rings. The minimum absolute atomic E-state index is 0.0585. The highest BCUT2D eigenvalue weighted by Gasteiger charge is 2.20. The van der Waals surface area contributed by atoms with E-state index in [4.69, 9.17) is 5.26 Å². The topological polar surface area (TPSA) is 42.3 Å². The highest BCUT2D eigenvalue weighted by Crippen LogP contribution is 2.31. The lowest BCUT2D eigenvalue weighted by Crippen LogP contribution is -2.41. The Kier molecular flexibility index (Phi) is 4.06. The zero-order chi connectivity index (χ0) is 13.0. The molecule has 4 nitrogen and oxygen atoms in total. The molecule has 0 saturated heterocycles. The molecule has 0 amide bonds. The van der Waals surface area contributed by atoms with Gasteiger partial charge in [-0.3, -0.25) is 0 Å². The quantitative estimate of drug-likeness (QED) is 0.870. The highest BCUT2D eigenvalue weighted by atomic mass is 15.2. The normalized spacial score (nSPS) is 16.1. The molecule has 0 fully saturated rings. The molecule has 1 aliphatic rings. The average molecular weight is 244 g/mol. The van der Waals surface area contributed by atoms with E-state index < -0.39 is 0 Å². The van der Waals surface area contributed by atoms with Gasteiger partial charge in [0.25, 0.3) is 0 Å². The van der Waals surface area contributed by atoms with Gasteiger partial charge >= 0.3 is 0 Å². The van der Waals surface area contributed by atoms with Crippen LogP contribution in [0.15, 0.2) is 24.3 Å². The fourth-order valence-electron chi connectivity index (χ4n) is 2.36. The van der Waals surface area contributed by atoms with Gasteiger partial charge in [-0.2, -0.15) is 5.26 Å². The van der Waals surface area contributed by atoms with Crippen molar-refractivity contribution in [2.75, 3.05) is 43.5 Å². The summed E-state index contributed by atoms with van der Waals surface area (Å²) in [5, 5.41) is 12.0. The number of anilines is 2. The van der Waals surface area contributed by atoms with Crippen LogP contribution >= 0.6 is 0 Å². The molecule has 1 unspecified atom stereocenters. The summed E-state index contributed by atoms with van der Waals surface area (Å²) in [4.78, 5) is 4.66. The second-order valence-corrected chi connectivity index (χ2v) is 4.66. The number of rotatable bonds is 4. The first-order valence-electron chi connectivity index (χ1n) is 6.38. The molecule has 1 heterocycles. The number of benzene rings is 1. The van der Waals surface area contributed by atoms with E-state index in [0.717, 1.165) is 26.1 Å². The van der Waals surface area contributed by atoms with Crippen LogP contribution in [0.1, 0.15) is 6.42 Å². The molecule has 96 valence electrons. The lowest BCUT2D eigenvalue weighted by Gasteiger charge is -2.37. The Bertz CT molecular complexity index is 438. The van der Waals surface area contributed by atoms with Crippen molar-refractivity contribution in [3.63, 3.8) is 0 Å². The smallest absolute Gasteiger partial charge is 0.0967 e. The summed E-state index contributed by atoms with van der Waals surface area (Å²) in [5.41, 5.74) is 2.56. The summed E-state index contributed by atoms with van der Waals surface area (Å²) in [7, 11) is 3.97. The van der Waals surface area contributed by atoms with Gasteiger partial charge in [-0.25, -0.2) is 0 Å². The Hall–Kier alpha value is -1.73. The first kappa shape index (κ1) is 12.7. The largest absolute Gasteiger partial charge is 0.371 e. The van der Waals surface area contributed by atoms with E-state index in [2.05, 4.69) is 52.5 Å². The monoisotopic (exact) mass is 244 g/mol. The number of hydrogen-bond acceptors (Lipinski definition) is 4. The number of fused-ring (bicyclic) bond motifs is 1. The Morgan fingerprint density at radius 3 is 2.72 bits per heavy atom. The number of likely N-dealkylation sites (N-methyl/N-ethyl adjacent to an activating group) is 1. The van der Waals surface area contributed by atoms with Crippen LogP contribution in [0, 0.1) is 11.3 Å². The van der Waals surface area contributed by atoms with Gasteiger partial charge in [-0.1, -0.05) is 12.1 Å². The van der Waals surface area contributed by atoms with Gasteiger partial charge in [0.2, 0.25) is 0 Å². The van der Waals surface area contributed by atoms with Gasteiger partial charge in [0.05, 0.1) is 23.5 Å². The first-order chi connectivity index (χ1) is 8.76. The Morgan fingerprint density at radius 1 is 1.33 bits per heavy atom. The summed E-state index contributed by atoms with van der Waals surface area (Å²) >= 11 is 0. The van der Waals surface area contributed by atoms with E-state index in [1.54, 1.807) is 0 Å². The van der Waals surface area contributed by atoms with Crippen molar-refractivity contribution < 1.29 is 0 Å². The van der Waals surface area contributed by atoms with Crippen molar-refractivity contribution in [3.8, 4) is 6.07 Å². The van der Waals surface area contributed by atoms with E-state index in [1.807, 2.05) is 7.05 Å². The predicted octanol–water partition coefficient (Wildman–Crippen LogP) is 1.44. The van der Waals surface area contributed by atoms with Gasteiger partial charge in [-0.05, 0) is 25.6 Å². The number of hydrogen-bond donors (Lipinski definition) is 1. The van der Waals surface area contributed by atoms with E-state index in [1.165, 1.54) is 11.4 Å². The molecule has 2 rings (SSSR count). The summed E-state index contributed by atoms with van der Waals surface area (Å²) in [6, 6.07) is 10.7. The summed E-state index contributed by atoms with van der Waals surface area (Å²) in [6.07, 6.45) is 0.852. The van der Waals surface area contributed by atoms with Crippen molar-refractivity contribution in [2.45, 2.75) is 12.5 Å². The number of para-hydroxylation sites is 2. The lowest BCUT2D eigenvalue weighted by atomic mass is 10.1. The van der Waals surface area contributed by atoms with Crippen LogP contribution in [0.2, 0.25) is 0 Å². The van der Waals surface area contributed by atoms with Crippen molar-refractivity contribution in [1.29, 1.82) is 5.26 Å². The second-order valence-electron chi connectivity index (χ2n) is 4.66. The number of nitrogens with one attached hydrogen (secondary N) is 1.